The van der Waals surface area contributed by atoms with E-state index in [-0.39, 0.29) is 25.3 Å². The molecule has 1 aliphatic rings. The standard InChI is InChI=1S/C28H27ClFN3O4/c1-36-16-15-32(28(35)22-8-4-6-10-24(22)30)18-27(34)33-26(19-11-13-20(37-2)14-12-19)17-25(31-33)21-7-3-5-9-23(21)29/h3-14,26H,15-18H2,1-2H3/t26-/m0/s1. The fourth-order valence-corrected chi connectivity index (χ4v) is 4.42. The summed E-state index contributed by atoms with van der Waals surface area (Å²) in [6.07, 6.45) is 0.432. The first-order valence-electron chi connectivity index (χ1n) is 11.7. The second-order valence-corrected chi connectivity index (χ2v) is 8.86. The number of rotatable bonds is 9. The van der Waals surface area contributed by atoms with Crippen molar-refractivity contribution in [3.05, 3.63) is 100 Å². The number of carbonyl (C=O) groups is 2. The Kier molecular flexibility index (Phi) is 8.53. The first-order chi connectivity index (χ1) is 17.9. The van der Waals surface area contributed by atoms with Crippen LogP contribution in [0.2, 0.25) is 5.02 Å². The predicted octanol–water partition coefficient (Wildman–Crippen LogP) is 4.95. The first kappa shape index (κ1) is 26.3. The molecule has 1 atom stereocenters. The van der Waals surface area contributed by atoms with Gasteiger partial charge in [0, 0.05) is 30.7 Å². The number of carbonyl (C=O) groups excluding carboxylic acids is 2. The molecular formula is C28H27ClFN3O4. The van der Waals surface area contributed by atoms with E-state index in [1.807, 2.05) is 42.5 Å². The Hall–Kier alpha value is -3.75. The Bertz CT molecular complexity index is 1300. The summed E-state index contributed by atoms with van der Waals surface area (Å²) in [5.41, 5.74) is 2.13. The molecule has 7 nitrogen and oxygen atoms in total. The summed E-state index contributed by atoms with van der Waals surface area (Å²) < 4.78 is 24.8. The van der Waals surface area contributed by atoms with Gasteiger partial charge in [-0.2, -0.15) is 5.10 Å². The number of hydrogen-bond donors (Lipinski definition) is 0. The lowest BCUT2D eigenvalue weighted by molar-refractivity contribution is -0.133. The Morgan fingerprint density at radius 3 is 2.43 bits per heavy atom. The quantitative estimate of drug-likeness (QED) is 0.398. The molecule has 0 aromatic heterocycles. The van der Waals surface area contributed by atoms with Crippen LogP contribution in [0.3, 0.4) is 0 Å². The van der Waals surface area contributed by atoms with Crippen LogP contribution in [0.5, 0.6) is 5.75 Å². The molecule has 3 aromatic rings. The third kappa shape index (κ3) is 5.98. The molecule has 1 heterocycles. The molecule has 3 aromatic carbocycles. The smallest absolute Gasteiger partial charge is 0.262 e. The van der Waals surface area contributed by atoms with Crippen LogP contribution >= 0.6 is 11.6 Å². The number of methoxy groups -OCH3 is 2. The summed E-state index contributed by atoms with van der Waals surface area (Å²) in [5, 5.41) is 6.56. The van der Waals surface area contributed by atoms with Crippen molar-refractivity contribution in [2.45, 2.75) is 12.5 Å². The van der Waals surface area contributed by atoms with Crippen molar-refractivity contribution in [1.29, 1.82) is 0 Å². The number of hydrogen-bond acceptors (Lipinski definition) is 5. The largest absolute Gasteiger partial charge is 0.497 e. The van der Waals surface area contributed by atoms with Gasteiger partial charge in [-0.1, -0.05) is 54.1 Å². The highest BCUT2D eigenvalue weighted by atomic mass is 35.5. The minimum absolute atomic E-state index is 0.109. The van der Waals surface area contributed by atoms with Gasteiger partial charge < -0.3 is 14.4 Å². The summed E-state index contributed by atoms with van der Waals surface area (Å²) in [5.74, 6) is -0.977. The highest BCUT2D eigenvalue weighted by Gasteiger charge is 2.35. The van der Waals surface area contributed by atoms with E-state index in [0.29, 0.717) is 22.9 Å². The van der Waals surface area contributed by atoms with Gasteiger partial charge >= 0.3 is 0 Å². The average molecular weight is 524 g/mol. The lowest BCUT2D eigenvalue weighted by Crippen LogP contribution is -2.43. The van der Waals surface area contributed by atoms with E-state index >= 15 is 0 Å². The first-order valence-corrected chi connectivity index (χ1v) is 12.1. The van der Waals surface area contributed by atoms with Gasteiger partial charge in [-0.25, -0.2) is 9.40 Å². The van der Waals surface area contributed by atoms with Gasteiger partial charge in [-0.05, 0) is 35.9 Å². The van der Waals surface area contributed by atoms with Crippen LogP contribution in [0, 0.1) is 5.82 Å². The van der Waals surface area contributed by atoms with E-state index in [2.05, 4.69) is 5.10 Å². The molecule has 9 heteroatoms. The van der Waals surface area contributed by atoms with Crippen LogP contribution in [0.15, 0.2) is 77.9 Å². The van der Waals surface area contributed by atoms with E-state index in [4.69, 9.17) is 21.1 Å². The van der Waals surface area contributed by atoms with E-state index in [9.17, 15) is 14.0 Å². The van der Waals surface area contributed by atoms with Crippen LogP contribution in [-0.2, 0) is 9.53 Å². The minimum atomic E-state index is -0.654. The average Bonchev–Trinajstić information content (AvgIpc) is 3.36. The van der Waals surface area contributed by atoms with Crippen molar-refractivity contribution < 1.29 is 23.5 Å². The van der Waals surface area contributed by atoms with Crippen LogP contribution in [0.4, 0.5) is 4.39 Å². The second-order valence-electron chi connectivity index (χ2n) is 8.46. The summed E-state index contributed by atoms with van der Waals surface area (Å²) in [6, 6.07) is 20.0. The summed E-state index contributed by atoms with van der Waals surface area (Å²) >= 11 is 6.43. The summed E-state index contributed by atoms with van der Waals surface area (Å²) in [4.78, 5) is 28.1. The van der Waals surface area contributed by atoms with Crippen molar-refractivity contribution in [1.82, 2.24) is 9.91 Å². The van der Waals surface area contributed by atoms with Crippen molar-refractivity contribution in [3.8, 4) is 5.75 Å². The molecule has 192 valence electrons. The minimum Gasteiger partial charge on any atom is -0.497 e. The van der Waals surface area contributed by atoms with E-state index in [0.717, 1.165) is 11.1 Å². The van der Waals surface area contributed by atoms with Crippen LogP contribution < -0.4 is 4.74 Å². The maximum absolute atomic E-state index is 14.4. The number of halogens is 2. The van der Waals surface area contributed by atoms with Crippen molar-refractivity contribution in [2.75, 3.05) is 33.9 Å². The van der Waals surface area contributed by atoms with Crippen LogP contribution in [0.1, 0.15) is 33.9 Å². The topological polar surface area (TPSA) is 71.4 Å². The molecule has 1 aliphatic heterocycles. The third-order valence-corrected chi connectivity index (χ3v) is 6.46. The Balaban J connectivity index is 1.65. The molecule has 0 N–H and O–H groups in total. The molecule has 0 radical (unpaired) electrons. The highest BCUT2D eigenvalue weighted by Crippen LogP contribution is 2.35. The molecule has 0 aliphatic carbocycles. The normalized spacial score (nSPS) is 14.9. The summed E-state index contributed by atoms with van der Waals surface area (Å²) in [6.45, 7) is -0.0104. The zero-order chi connectivity index (χ0) is 26.4. The summed E-state index contributed by atoms with van der Waals surface area (Å²) in [7, 11) is 3.08. The molecule has 0 bridgehead atoms. The van der Waals surface area contributed by atoms with E-state index in [1.54, 1.807) is 19.2 Å². The molecule has 2 amide bonds. The Morgan fingerprint density at radius 1 is 1.05 bits per heavy atom. The van der Waals surface area contributed by atoms with E-state index < -0.39 is 23.7 Å². The van der Waals surface area contributed by atoms with Gasteiger partial charge in [0.1, 0.15) is 18.1 Å². The number of benzene rings is 3. The number of ether oxygens (including phenoxy) is 2. The van der Waals surface area contributed by atoms with Crippen molar-refractivity contribution >= 4 is 29.1 Å². The van der Waals surface area contributed by atoms with Gasteiger partial charge in [0.2, 0.25) is 0 Å². The van der Waals surface area contributed by atoms with Gasteiger partial charge in [0.25, 0.3) is 11.8 Å². The van der Waals surface area contributed by atoms with Crippen LogP contribution in [0.25, 0.3) is 0 Å². The molecule has 0 saturated carbocycles. The Labute approximate surface area is 220 Å². The fourth-order valence-electron chi connectivity index (χ4n) is 4.18. The molecule has 0 unspecified atom stereocenters. The molecule has 0 spiro atoms. The number of hydrazone groups is 1. The lowest BCUT2D eigenvalue weighted by atomic mass is 9.98. The lowest BCUT2D eigenvalue weighted by Gasteiger charge is -2.27. The number of nitrogens with zero attached hydrogens (tertiary/aromatic N) is 3. The van der Waals surface area contributed by atoms with Gasteiger partial charge in [-0.3, -0.25) is 9.59 Å². The zero-order valence-corrected chi connectivity index (χ0v) is 21.3. The fraction of sp³-hybridized carbons (Fsp3) is 0.250. The highest BCUT2D eigenvalue weighted by molar-refractivity contribution is 6.34. The van der Waals surface area contributed by atoms with Gasteiger partial charge in [0.15, 0.2) is 0 Å². The molecule has 0 saturated heterocycles. The molecule has 4 rings (SSSR count). The maximum Gasteiger partial charge on any atom is 0.262 e. The van der Waals surface area contributed by atoms with Gasteiger partial charge in [0.05, 0.1) is 31.0 Å². The molecule has 37 heavy (non-hydrogen) atoms. The third-order valence-electron chi connectivity index (χ3n) is 6.13. The monoisotopic (exact) mass is 523 g/mol. The second kappa shape index (κ2) is 12.0. The van der Waals surface area contributed by atoms with Gasteiger partial charge in [-0.15, -0.1) is 0 Å². The van der Waals surface area contributed by atoms with E-state index in [1.165, 1.54) is 35.2 Å². The number of amides is 2. The molecular weight excluding hydrogens is 497 g/mol. The maximum atomic E-state index is 14.4. The zero-order valence-electron chi connectivity index (χ0n) is 20.6. The predicted molar refractivity (Wildman–Crippen MR) is 139 cm³/mol. The Morgan fingerprint density at radius 2 is 1.76 bits per heavy atom. The van der Waals surface area contributed by atoms with Crippen LogP contribution in [-0.4, -0.2) is 61.4 Å². The molecule has 0 fully saturated rings. The van der Waals surface area contributed by atoms with Crippen molar-refractivity contribution in [3.63, 3.8) is 0 Å². The SMILES string of the molecule is COCCN(CC(=O)N1N=C(c2ccccc2Cl)C[C@H]1c1ccc(OC)cc1)C(=O)c1ccccc1F. The van der Waals surface area contributed by atoms with Crippen molar-refractivity contribution in [2.24, 2.45) is 5.10 Å².